The average Bonchev–Trinajstić information content (AvgIpc) is 4.11. The Kier molecular flexibility index (Phi) is 6.98. The lowest BCUT2D eigenvalue weighted by atomic mass is 9.52. The first-order valence-corrected chi connectivity index (χ1v) is 23.8. The van der Waals surface area contributed by atoms with Gasteiger partial charge < -0.3 is 9.13 Å². The highest BCUT2D eigenvalue weighted by atomic mass is 15.0. The second-order valence-corrected chi connectivity index (χ2v) is 19.0. The van der Waals surface area contributed by atoms with Gasteiger partial charge in [0.25, 0.3) is 0 Å². The van der Waals surface area contributed by atoms with Gasteiger partial charge in [0.1, 0.15) is 0 Å². The summed E-state index contributed by atoms with van der Waals surface area (Å²) in [5.41, 5.74) is 22.1. The molecular weight excluding hydrogens is 821 g/mol. The fraction of sp³-hybridized carbons (Fsp3) is 0.0303. The summed E-state index contributed by atoms with van der Waals surface area (Å²) < 4.78 is 4.95. The molecule has 0 N–H and O–H groups in total. The van der Waals surface area contributed by atoms with Crippen LogP contribution in [0.25, 0.3) is 88.0 Å². The molecule has 0 saturated carbocycles. The molecule has 2 heteroatoms. The number of hydrogen-bond donors (Lipinski definition) is 0. The van der Waals surface area contributed by atoms with Crippen molar-refractivity contribution in [2.24, 2.45) is 0 Å². The summed E-state index contributed by atoms with van der Waals surface area (Å²) in [5, 5.41) is 7.53. The number of rotatable bonds is 2. The molecule has 0 aliphatic heterocycles. The molecule has 3 aliphatic carbocycles. The topological polar surface area (TPSA) is 9.86 Å². The highest BCUT2D eigenvalue weighted by Crippen LogP contribution is 2.67. The normalized spacial score (nSPS) is 14.4. The smallest absolute Gasteiger partial charge is 0.0720 e. The molecule has 13 aromatic rings. The van der Waals surface area contributed by atoms with Crippen molar-refractivity contribution in [3.8, 4) is 33.6 Å². The molecule has 0 bridgehead atoms. The van der Waals surface area contributed by atoms with Crippen LogP contribution in [-0.2, 0) is 10.8 Å². The molecule has 0 unspecified atom stereocenters. The van der Waals surface area contributed by atoms with Gasteiger partial charge in [0.2, 0.25) is 0 Å². The molecule has 0 fully saturated rings. The van der Waals surface area contributed by atoms with Crippen LogP contribution in [-0.4, -0.2) is 9.13 Å². The third kappa shape index (κ3) is 4.26. The first-order valence-electron chi connectivity index (χ1n) is 23.8. The van der Waals surface area contributed by atoms with E-state index in [4.69, 9.17) is 0 Å². The van der Waals surface area contributed by atoms with E-state index in [9.17, 15) is 0 Å². The Bertz CT molecular complexity index is 4180. The summed E-state index contributed by atoms with van der Waals surface area (Å²) in [6, 6.07) is 91.9. The first kappa shape index (κ1) is 36.5. The predicted octanol–water partition coefficient (Wildman–Crippen LogP) is 16.1. The van der Waals surface area contributed by atoms with E-state index >= 15 is 0 Å². The van der Waals surface area contributed by atoms with Crippen LogP contribution < -0.4 is 0 Å². The van der Waals surface area contributed by atoms with Crippen molar-refractivity contribution < 1.29 is 0 Å². The fourth-order valence-corrected chi connectivity index (χ4v) is 13.7. The van der Waals surface area contributed by atoms with E-state index in [-0.39, 0.29) is 0 Å². The Hall–Kier alpha value is -8.72. The van der Waals surface area contributed by atoms with Gasteiger partial charge in [-0.25, -0.2) is 0 Å². The Morgan fingerprint density at radius 1 is 0.235 bits per heavy atom. The van der Waals surface area contributed by atoms with E-state index in [1.165, 1.54) is 121 Å². The van der Waals surface area contributed by atoms with Crippen LogP contribution in [0, 0.1) is 0 Å². The lowest BCUT2D eigenvalue weighted by molar-refractivity contribution is 0.633. The Morgan fingerprint density at radius 2 is 0.647 bits per heavy atom. The number of aromatic nitrogens is 2. The number of fused-ring (bicyclic) bond motifs is 24. The van der Waals surface area contributed by atoms with Gasteiger partial charge in [-0.2, -0.15) is 0 Å². The predicted molar refractivity (Wildman–Crippen MR) is 281 cm³/mol. The molecular formula is C66H40N2. The van der Waals surface area contributed by atoms with Crippen molar-refractivity contribution in [1.82, 2.24) is 9.13 Å². The van der Waals surface area contributed by atoms with Gasteiger partial charge >= 0.3 is 0 Å². The molecule has 0 radical (unpaired) electrons. The van der Waals surface area contributed by atoms with E-state index in [2.05, 4.69) is 252 Å². The highest BCUT2D eigenvalue weighted by molar-refractivity contribution is 6.20. The molecule has 2 aromatic heterocycles. The van der Waals surface area contributed by atoms with Crippen molar-refractivity contribution in [3.05, 3.63) is 287 Å². The van der Waals surface area contributed by atoms with Crippen LogP contribution in [0.2, 0.25) is 0 Å². The Balaban J connectivity index is 0.999. The maximum atomic E-state index is 2.59. The molecule has 2 nitrogen and oxygen atoms in total. The first-order chi connectivity index (χ1) is 33.8. The van der Waals surface area contributed by atoms with E-state index in [0.717, 1.165) is 11.4 Å². The van der Waals surface area contributed by atoms with Crippen molar-refractivity contribution >= 4 is 54.4 Å². The lowest BCUT2D eigenvalue weighted by Gasteiger charge is -2.48. The van der Waals surface area contributed by atoms with Crippen molar-refractivity contribution in [1.29, 1.82) is 0 Å². The third-order valence-corrected chi connectivity index (χ3v) is 16.2. The second kappa shape index (κ2) is 13.0. The number of para-hydroxylation sites is 2. The van der Waals surface area contributed by atoms with Gasteiger partial charge in [-0.05, 0) is 121 Å². The van der Waals surface area contributed by atoms with E-state index in [1.807, 2.05) is 0 Å². The van der Waals surface area contributed by atoms with Gasteiger partial charge in [-0.1, -0.05) is 194 Å². The summed E-state index contributed by atoms with van der Waals surface area (Å²) in [5.74, 6) is 0. The number of nitrogens with zero attached hydrogens (tertiary/aromatic N) is 2. The molecule has 0 saturated heterocycles. The van der Waals surface area contributed by atoms with Crippen LogP contribution in [0.15, 0.2) is 243 Å². The number of hydrogen-bond acceptors (Lipinski definition) is 0. The van der Waals surface area contributed by atoms with Gasteiger partial charge in [-0.3, -0.25) is 0 Å². The van der Waals surface area contributed by atoms with Gasteiger partial charge in [0, 0.05) is 38.3 Å². The summed E-state index contributed by atoms with van der Waals surface area (Å²) >= 11 is 0. The summed E-state index contributed by atoms with van der Waals surface area (Å²) in [6.07, 6.45) is 0. The van der Waals surface area contributed by atoms with E-state index < -0.39 is 10.8 Å². The monoisotopic (exact) mass is 860 g/mol. The minimum absolute atomic E-state index is 0.478. The van der Waals surface area contributed by atoms with Gasteiger partial charge in [0.05, 0.1) is 32.9 Å². The molecule has 0 atom stereocenters. The largest absolute Gasteiger partial charge is 0.309 e. The van der Waals surface area contributed by atoms with Crippen LogP contribution in [0.4, 0.5) is 0 Å². The molecule has 0 amide bonds. The van der Waals surface area contributed by atoms with Crippen LogP contribution in [0.1, 0.15) is 44.5 Å². The average molecular weight is 861 g/mol. The summed E-state index contributed by atoms with van der Waals surface area (Å²) in [6.45, 7) is 0. The molecule has 16 rings (SSSR count). The molecule has 2 spiro atoms. The zero-order valence-electron chi connectivity index (χ0n) is 37.0. The lowest BCUT2D eigenvalue weighted by Crippen LogP contribution is -2.43. The van der Waals surface area contributed by atoms with Gasteiger partial charge in [0.15, 0.2) is 0 Å². The minimum atomic E-state index is -0.569. The highest BCUT2D eigenvalue weighted by Gasteiger charge is 2.59. The molecule has 68 heavy (non-hydrogen) atoms. The van der Waals surface area contributed by atoms with E-state index in [0.29, 0.717) is 0 Å². The maximum Gasteiger partial charge on any atom is 0.0720 e. The quantitative estimate of drug-likeness (QED) is 0.164. The van der Waals surface area contributed by atoms with Crippen LogP contribution in [0.3, 0.4) is 0 Å². The minimum Gasteiger partial charge on any atom is -0.309 e. The van der Waals surface area contributed by atoms with Crippen LogP contribution in [0.5, 0.6) is 0 Å². The molecule has 11 aromatic carbocycles. The third-order valence-electron chi connectivity index (χ3n) is 16.2. The zero-order valence-corrected chi connectivity index (χ0v) is 37.0. The van der Waals surface area contributed by atoms with Gasteiger partial charge in [-0.15, -0.1) is 0 Å². The molecule has 2 heterocycles. The summed E-state index contributed by atoms with van der Waals surface area (Å²) in [4.78, 5) is 0. The number of benzene rings is 11. The SMILES string of the molecule is c1ccc2c(c1)-c1ccccc1C21c2ccccc2C2(c3ccccc3-c3cc4c(cc32)c2ccc3ccccc3c2n4-c2ccc(-n3c4ccccc4c4ccccc43)cc2)c2ccccc21. The molecule has 3 aliphatic rings. The van der Waals surface area contributed by atoms with Crippen molar-refractivity contribution in [2.45, 2.75) is 10.8 Å². The second-order valence-electron chi connectivity index (χ2n) is 19.0. The zero-order chi connectivity index (χ0) is 44.3. The Labute approximate surface area is 393 Å². The summed E-state index contributed by atoms with van der Waals surface area (Å²) in [7, 11) is 0. The van der Waals surface area contributed by atoms with E-state index in [1.54, 1.807) is 0 Å². The maximum absolute atomic E-state index is 2.59. The van der Waals surface area contributed by atoms with Crippen LogP contribution >= 0.6 is 0 Å². The van der Waals surface area contributed by atoms with Crippen molar-refractivity contribution in [2.75, 3.05) is 0 Å². The molecule has 314 valence electrons. The standard InChI is InChI=1S/C66H40N2/c1-2-18-44-41(17-1)33-38-50-52-39-60-51(40-63(52)68(64(44)50)43-36-34-42(35-37-43)67-61-31-15-6-22-48(61)49-23-7-16-32-62(49)67)47-21-5-10-26-55(47)66(60)58-29-13-11-27-56(58)65(57-28-12-14-30-59(57)66)53-24-8-3-19-45(53)46-20-4-9-25-54(46)65/h1-40H. The fourth-order valence-electron chi connectivity index (χ4n) is 13.7. The Morgan fingerprint density at radius 3 is 1.19 bits per heavy atom. The van der Waals surface area contributed by atoms with Crippen molar-refractivity contribution in [3.63, 3.8) is 0 Å².